The number of nitrogens with one attached hydrogen (secondary N) is 1. The van der Waals surface area contributed by atoms with E-state index in [-0.39, 0.29) is 23.8 Å². The first-order valence-electron chi connectivity index (χ1n) is 5.86. The Kier molecular flexibility index (Phi) is 3.96. The van der Waals surface area contributed by atoms with Crippen LogP contribution < -0.4 is 5.32 Å². The molecular weight excluding hydrogens is 259 g/mol. The van der Waals surface area contributed by atoms with Crippen molar-refractivity contribution < 1.29 is 14.3 Å². The molecule has 1 amide bonds. The van der Waals surface area contributed by atoms with Gasteiger partial charge in [-0.15, -0.1) is 0 Å². The van der Waals surface area contributed by atoms with E-state index in [9.17, 15) is 9.18 Å². The van der Waals surface area contributed by atoms with Gasteiger partial charge in [0.25, 0.3) is 5.91 Å². The van der Waals surface area contributed by atoms with Crippen molar-refractivity contribution in [3.8, 4) is 11.8 Å². The summed E-state index contributed by atoms with van der Waals surface area (Å²) in [5.41, 5.74) is 0.907. The standard InChI is InChI=1S/C15H11FN2O2/c16-14-7-10(8-17)1-2-12(14)9-18-15(20)11-3-5-13(19)6-4-11/h1-7,19H,9H2,(H,18,20). The van der Waals surface area contributed by atoms with E-state index < -0.39 is 5.82 Å². The highest BCUT2D eigenvalue weighted by Crippen LogP contribution is 2.11. The summed E-state index contributed by atoms with van der Waals surface area (Å²) in [6.45, 7) is 0.0251. The molecule has 100 valence electrons. The van der Waals surface area contributed by atoms with Crippen molar-refractivity contribution in [2.75, 3.05) is 0 Å². The van der Waals surface area contributed by atoms with Crippen molar-refractivity contribution in [1.82, 2.24) is 5.32 Å². The molecule has 0 aliphatic carbocycles. The Bertz CT molecular complexity index is 675. The lowest BCUT2D eigenvalue weighted by Gasteiger charge is -2.06. The van der Waals surface area contributed by atoms with Crippen LogP contribution in [0.3, 0.4) is 0 Å². The van der Waals surface area contributed by atoms with Crippen molar-refractivity contribution in [2.45, 2.75) is 6.54 Å². The minimum absolute atomic E-state index is 0.0251. The maximum Gasteiger partial charge on any atom is 0.251 e. The third-order valence-electron chi connectivity index (χ3n) is 2.75. The summed E-state index contributed by atoms with van der Waals surface area (Å²) in [6.07, 6.45) is 0. The first kappa shape index (κ1) is 13.6. The minimum atomic E-state index is -0.532. The molecule has 0 bridgehead atoms. The van der Waals surface area contributed by atoms with Gasteiger partial charge < -0.3 is 10.4 Å². The highest BCUT2D eigenvalue weighted by molar-refractivity contribution is 5.94. The number of phenols is 1. The number of carbonyl (C=O) groups excluding carboxylic acids is 1. The molecule has 0 radical (unpaired) electrons. The lowest BCUT2D eigenvalue weighted by Crippen LogP contribution is -2.23. The second-order valence-electron chi connectivity index (χ2n) is 4.15. The summed E-state index contributed by atoms with van der Waals surface area (Å²) >= 11 is 0. The van der Waals surface area contributed by atoms with E-state index in [4.69, 9.17) is 10.4 Å². The van der Waals surface area contributed by atoms with Crippen LogP contribution >= 0.6 is 0 Å². The van der Waals surface area contributed by atoms with Crippen LogP contribution in [0.2, 0.25) is 0 Å². The van der Waals surface area contributed by atoms with E-state index in [0.717, 1.165) is 6.07 Å². The Morgan fingerprint density at radius 1 is 1.25 bits per heavy atom. The van der Waals surface area contributed by atoms with Crippen LogP contribution in [0.4, 0.5) is 4.39 Å². The fraction of sp³-hybridized carbons (Fsp3) is 0.0667. The van der Waals surface area contributed by atoms with Crippen molar-refractivity contribution in [2.24, 2.45) is 0 Å². The zero-order valence-electron chi connectivity index (χ0n) is 10.4. The number of nitriles is 1. The lowest BCUT2D eigenvalue weighted by atomic mass is 10.1. The second kappa shape index (κ2) is 5.85. The topological polar surface area (TPSA) is 73.1 Å². The molecule has 2 aromatic carbocycles. The van der Waals surface area contributed by atoms with Gasteiger partial charge in [-0.1, -0.05) is 6.07 Å². The number of carbonyl (C=O) groups is 1. The smallest absolute Gasteiger partial charge is 0.251 e. The maximum atomic E-state index is 13.6. The van der Waals surface area contributed by atoms with Crippen LogP contribution in [0.15, 0.2) is 42.5 Å². The Hall–Kier alpha value is -2.87. The normalized spacial score (nSPS) is 9.80. The van der Waals surface area contributed by atoms with Gasteiger partial charge >= 0.3 is 0 Å². The number of aromatic hydroxyl groups is 1. The highest BCUT2D eigenvalue weighted by atomic mass is 19.1. The molecule has 20 heavy (non-hydrogen) atoms. The van der Waals surface area contributed by atoms with Crippen LogP contribution in [0, 0.1) is 17.1 Å². The van der Waals surface area contributed by atoms with E-state index in [2.05, 4.69) is 5.32 Å². The second-order valence-corrected chi connectivity index (χ2v) is 4.15. The number of nitrogens with zero attached hydrogens (tertiary/aromatic N) is 1. The molecule has 0 aliphatic heterocycles. The summed E-state index contributed by atoms with van der Waals surface area (Å²) in [4.78, 5) is 11.8. The molecule has 0 saturated heterocycles. The molecule has 0 unspecified atom stereocenters. The van der Waals surface area contributed by atoms with Gasteiger partial charge in [0.15, 0.2) is 0 Å². The molecule has 0 aliphatic rings. The summed E-state index contributed by atoms with van der Waals surface area (Å²) in [5.74, 6) is -0.830. The number of rotatable bonds is 3. The summed E-state index contributed by atoms with van der Waals surface area (Å²) in [5, 5.41) is 20.3. The van der Waals surface area contributed by atoms with Gasteiger partial charge in [-0.05, 0) is 36.4 Å². The number of amides is 1. The number of hydrogen-bond donors (Lipinski definition) is 2. The van der Waals surface area contributed by atoms with Gasteiger partial charge in [-0.3, -0.25) is 4.79 Å². The van der Waals surface area contributed by atoms with Crippen LogP contribution in [-0.4, -0.2) is 11.0 Å². The average Bonchev–Trinajstić information content (AvgIpc) is 2.46. The summed E-state index contributed by atoms with van der Waals surface area (Å²) in [7, 11) is 0. The van der Waals surface area contributed by atoms with Gasteiger partial charge in [0.05, 0.1) is 11.6 Å². The zero-order chi connectivity index (χ0) is 14.5. The first-order chi connectivity index (χ1) is 9.60. The van der Waals surface area contributed by atoms with E-state index >= 15 is 0 Å². The molecule has 0 atom stereocenters. The summed E-state index contributed by atoms with van der Waals surface area (Å²) in [6, 6.07) is 11.7. The SMILES string of the molecule is N#Cc1ccc(CNC(=O)c2ccc(O)cc2)c(F)c1. The quantitative estimate of drug-likeness (QED) is 0.899. The van der Waals surface area contributed by atoms with Gasteiger partial charge in [-0.25, -0.2) is 4.39 Å². The molecule has 5 heteroatoms. The predicted octanol–water partition coefficient (Wildman–Crippen LogP) is 2.33. The van der Waals surface area contributed by atoms with Crippen LogP contribution in [0.25, 0.3) is 0 Å². The van der Waals surface area contributed by atoms with E-state index in [1.54, 1.807) is 0 Å². The fourth-order valence-electron chi connectivity index (χ4n) is 1.65. The van der Waals surface area contributed by atoms with Gasteiger partial charge in [0, 0.05) is 17.7 Å². The third-order valence-corrected chi connectivity index (χ3v) is 2.75. The Morgan fingerprint density at radius 3 is 2.55 bits per heavy atom. The van der Waals surface area contributed by atoms with Crippen molar-refractivity contribution in [3.05, 3.63) is 65.0 Å². The molecule has 2 rings (SSSR count). The van der Waals surface area contributed by atoms with E-state index in [1.807, 2.05) is 6.07 Å². The summed E-state index contributed by atoms with van der Waals surface area (Å²) < 4.78 is 13.6. The fourth-order valence-corrected chi connectivity index (χ4v) is 1.65. The molecule has 0 saturated carbocycles. The van der Waals surface area contributed by atoms with E-state index in [0.29, 0.717) is 11.1 Å². The third kappa shape index (κ3) is 3.12. The van der Waals surface area contributed by atoms with Gasteiger partial charge in [0.1, 0.15) is 11.6 Å². The molecule has 0 heterocycles. The van der Waals surface area contributed by atoms with Crippen molar-refractivity contribution in [3.63, 3.8) is 0 Å². The minimum Gasteiger partial charge on any atom is -0.508 e. The molecule has 0 aromatic heterocycles. The van der Waals surface area contributed by atoms with Crippen LogP contribution in [-0.2, 0) is 6.54 Å². The largest absolute Gasteiger partial charge is 0.508 e. The highest BCUT2D eigenvalue weighted by Gasteiger charge is 2.08. The zero-order valence-corrected chi connectivity index (χ0v) is 10.4. The molecule has 4 nitrogen and oxygen atoms in total. The molecule has 2 aromatic rings. The predicted molar refractivity (Wildman–Crippen MR) is 70.4 cm³/mol. The number of benzene rings is 2. The maximum absolute atomic E-state index is 13.6. The number of phenolic OH excluding ortho intramolecular Hbond substituents is 1. The number of hydrogen-bond acceptors (Lipinski definition) is 3. The van der Waals surface area contributed by atoms with Crippen LogP contribution in [0.1, 0.15) is 21.5 Å². The molecule has 2 N–H and O–H groups in total. The van der Waals surface area contributed by atoms with E-state index in [1.165, 1.54) is 36.4 Å². The van der Waals surface area contributed by atoms with Crippen molar-refractivity contribution in [1.29, 1.82) is 5.26 Å². The molecule has 0 fully saturated rings. The average molecular weight is 270 g/mol. The lowest BCUT2D eigenvalue weighted by molar-refractivity contribution is 0.0950. The Labute approximate surface area is 115 Å². The van der Waals surface area contributed by atoms with Gasteiger partial charge in [-0.2, -0.15) is 5.26 Å². The monoisotopic (exact) mass is 270 g/mol. The molecular formula is C15H11FN2O2. The Morgan fingerprint density at radius 2 is 1.95 bits per heavy atom. The molecule has 0 spiro atoms. The van der Waals surface area contributed by atoms with Gasteiger partial charge in [0.2, 0.25) is 0 Å². The van der Waals surface area contributed by atoms with Crippen LogP contribution in [0.5, 0.6) is 5.75 Å². The Balaban J connectivity index is 2.04. The first-order valence-corrected chi connectivity index (χ1v) is 5.86. The number of halogens is 1. The van der Waals surface area contributed by atoms with Crippen molar-refractivity contribution >= 4 is 5.91 Å².